The average molecular weight is 1060 g/mol. The summed E-state index contributed by atoms with van der Waals surface area (Å²) in [7, 11) is 1.39. The molecule has 9 atom stereocenters. The Bertz CT molecular complexity index is 2160. The predicted molar refractivity (Wildman–Crippen MR) is 277 cm³/mol. The number of carbonyl (C=O) groups excluding carboxylic acids is 10. The van der Waals surface area contributed by atoms with Crippen LogP contribution in [0.3, 0.4) is 0 Å². The van der Waals surface area contributed by atoms with E-state index in [1.165, 1.54) is 44.0 Å². The number of nitrogens with two attached hydrogens (primary N) is 2. The minimum Gasteiger partial charge on any atom is -0.391 e. The molecule has 1 heterocycles. The summed E-state index contributed by atoms with van der Waals surface area (Å²) in [6.07, 6.45) is 0.408. The van der Waals surface area contributed by atoms with Gasteiger partial charge in [-0.3, -0.25) is 52.9 Å². The van der Waals surface area contributed by atoms with Crippen molar-refractivity contribution in [1.29, 1.82) is 0 Å². The number of halogens is 1. The van der Waals surface area contributed by atoms with Crippen molar-refractivity contribution in [2.24, 2.45) is 28.3 Å². The molecular formula is C50H82FN13O11. The van der Waals surface area contributed by atoms with Gasteiger partial charge in [-0.05, 0) is 81.9 Å². The van der Waals surface area contributed by atoms with Crippen LogP contribution in [-0.2, 0) is 54.4 Å². The number of hydrogen-bond acceptors (Lipinski definition) is 12. The van der Waals surface area contributed by atoms with E-state index in [2.05, 4.69) is 47.5 Å². The van der Waals surface area contributed by atoms with E-state index in [0.717, 1.165) is 11.0 Å². The van der Waals surface area contributed by atoms with Crippen LogP contribution in [0.4, 0.5) is 4.39 Å². The molecule has 0 aliphatic carbocycles. The highest BCUT2D eigenvalue weighted by atomic mass is 19.1. The molecule has 1 saturated heterocycles. The number of aliphatic hydroxyl groups excluding tert-OH is 1. The zero-order valence-corrected chi connectivity index (χ0v) is 44.9. The highest BCUT2D eigenvalue weighted by Gasteiger charge is 2.40. The summed E-state index contributed by atoms with van der Waals surface area (Å²) in [5.41, 5.74) is 11.3. The number of aliphatic hydroxyl groups is 1. The van der Waals surface area contributed by atoms with Crippen molar-refractivity contribution in [1.82, 2.24) is 52.3 Å². The fourth-order valence-electron chi connectivity index (χ4n) is 8.14. The van der Waals surface area contributed by atoms with Crippen molar-refractivity contribution < 1.29 is 57.4 Å². The van der Waals surface area contributed by atoms with Gasteiger partial charge in [0.05, 0.1) is 19.2 Å². The molecule has 1 aromatic rings. The maximum absolute atomic E-state index is 14.2. The van der Waals surface area contributed by atoms with Crippen molar-refractivity contribution in [2.75, 3.05) is 39.8 Å². The first kappa shape index (κ1) is 64.2. The van der Waals surface area contributed by atoms with Gasteiger partial charge in [-0.15, -0.1) is 0 Å². The molecule has 0 radical (unpaired) electrons. The SMILES string of the molecule is CCC[C@H](NC(=O)[C@@H](NC(=O)[C@@H](CC(C)C)NC(=O)[C@H](Cc1cccc(F)c1)NC(=O)CNC(=O)CN(C)C(C)=O)[C@@H](C)O)C(=O)N[C@H](C(=O)N[C@@H](CCCN=C(N)N)C(=O)N1CCC[C@H]1C(=O)NCC)[C@@H](C)CC. The number of benzene rings is 1. The molecule has 25 heteroatoms. The standard InChI is InChI=1S/C50H82FN13O11/c1-10-16-34(43(69)61-41(29(6)11-2)47(73)59-35(19-14-21-55-50(52)53)49(75)64-22-15-20-38(64)46(72)54-12-3)58-48(74)42(30(7)65)62-45(71)36(23-28(4)5)60-44(70)37(25-32-17-13-18-33(51)24-32)57-39(67)26-56-40(68)27-63(9)31(8)66/h13,17-18,24,28-30,34-38,41-42,65H,10-12,14-16,19-23,25-27H2,1-9H3,(H,54,72)(H,56,68)(H,57,67)(H,58,74)(H,59,73)(H,60,70)(H,61,69)(H,62,71)(H4,52,53,55)/t29-,30+,34-,35-,36+,37-,38-,41-,42-/m0/s1. The van der Waals surface area contributed by atoms with Gasteiger partial charge >= 0.3 is 0 Å². The van der Waals surface area contributed by atoms with Gasteiger partial charge in [0.2, 0.25) is 59.1 Å². The Kier molecular flexibility index (Phi) is 27.7. The summed E-state index contributed by atoms with van der Waals surface area (Å²) in [5, 5.41) is 31.7. The largest absolute Gasteiger partial charge is 0.391 e. The van der Waals surface area contributed by atoms with Gasteiger partial charge in [0.25, 0.3) is 0 Å². The number of guanidine groups is 1. The number of nitrogens with zero attached hydrogens (tertiary/aromatic N) is 3. The van der Waals surface area contributed by atoms with Crippen molar-refractivity contribution in [2.45, 2.75) is 162 Å². The Hall–Kier alpha value is -6.92. The molecule has 2 rings (SSSR count). The Morgan fingerprint density at radius 2 is 1.40 bits per heavy atom. The number of likely N-dealkylation sites (tertiary alicyclic amines) is 1. The van der Waals surface area contributed by atoms with E-state index in [0.29, 0.717) is 37.8 Å². The molecule has 10 amide bonds. The van der Waals surface area contributed by atoms with Crippen LogP contribution in [0.1, 0.15) is 112 Å². The molecule has 1 aromatic carbocycles. The zero-order chi connectivity index (χ0) is 56.5. The van der Waals surface area contributed by atoms with E-state index in [1.54, 1.807) is 41.5 Å². The van der Waals surface area contributed by atoms with Gasteiger partial charge < -0.3 is 68.9 Å². The fraction of sp³-hybridized carbons (Fsp3) is 0.660. The van der Waals surface area contributed by atoms with Crippen LogP contribution in [-0.4, -0.2) is 168 Å². The maximum Gasteiger partial charge on any atom is 0.245 e. The normalized spacial score (nSPS) is 16.3. The van der Waals surface area contributed by atoms with E-state index in [-0.39, 0.29) is 75.4 Å². The number of rotatable bonds is 31. The zero-order valence-electron chi connectivity index (χ0n) is 44.9. The van der Waals surface area contributed by atoms with Gasteiger partial charge in [-0.1, -0.05) is 59.6 Å². The Labute approximate surface area is 439 Å². The molecule has 13 N–H and O–H groups in total. The van der Waals surface area contributed by atoms with Crippen LogP contribution in [0.25, 0.3) is 0 Å². The molecule has 1 aliphatic rings. The number of amides is 10. The second kappa shape index (κ2) is 32.4. The summed E-state index contributed by atoms with van der Waals surface area (Å²) in [5.74, 6) is -8.39. The first-order valence-electron chi connectivity index (χ1n) is 25.7. The van der Waals surface area contributed by atoms with Crippen LogP contribution in [0.15, 0.2) is 29.3 Å². The smallest absolute Gasteiger partial charge is 0.245 e. The molecule has 24 nitrogen and oxygen atoms in total. The number of likely N-dealkylation sites (N-methyl/N-ethyl adjacent to an activating group) is 2. The van der Waals surface area contributed by atoms with Gasteiger partial charge in [-0.2, -0.15) is 0 Å². The van der Waals surface area contributed by atoms with E-state index in [9.17, 15) is 57.4 Å². The summed E-state index contributed by atoms with van der Waals surface area (Å²) < 4.78 is 14.2. The van der Waals surface area contributed by atoms with E-state index >= 15 is 0 Å². The second-order valence-electron chi connectivity index (χ2n) is 19.3. The molecular weight excluding hydrogens is 978 g/mol. The highest BCUT2D eigenvalue weighted by molar-refractivity contribution is 5.98. The monoisotopic (exact) mass is 1060 g/mol. The van der Waals surface area contributed by atoms with Crippen molar-refractivity contribution in [3.05, 3.63) is 35.6 Å². The Morgan fingerprint density at radius 3 is 1.99 bits per heavy atom. The lowest BCUT2D eigenvalue weighted by atomic mass is 9.96. The molecule has 1 fully saturated rings. The lowest BCUT2D eigenvalue weighted by molar-refractivity contribution is -0.142. The topological polar surface area (TPSA) is 358 Å². The molecule has 75 heavy (non-hydrogen) atoms. The second-order valence-corrected chi connectivity index (χ2v) is 19.3. The van der Waals surface area contributed by atoms with Crippen LogP contribution in [0.2, 0.25) is 0 Å². The quantitative estimate of drug-likeness (QED) is 0.0225. The number of aliphatic imine (C=N–C) groups is 1. The summed E-state index contributed by atoms with van der Waals surface area (Å²) in [4.78, 5) is 141. The van der Waals surface area contributed by atoms with Gasteiger partial charge in [0.1, 0.15) is 48.1 Å². The average Bonchev–Trinajstić information content (AvgIpc) is 3.84. The van der Waals surface area contributed by atoms with Gasteiger partial charge in [0, 0.05) is 40.0 Å². The first-order valence-corrected chi connectivity index (χ1v) is 25.7. The number of nitrogens with one attached hydrogen (secondary N) is 8. The Morgan fingerprint density at radius 1 is 0.787 bits per heavy atom. The molecule has 1 aliphatic heterocycles. The third-order valence-electron chi connectivity index (χ3n) is 12.5. The van der Waals surface area contributed by atoms with Crippen LogP contribution >= 0.6 is 0 Å². The molecule has 0 spiro atoms. The third-order valence-corrected chi connectivity index (χ3v) is 12.5. The maximum atomic E-state index is 14.2. The highest BCUT2D eigenvalue weighted by Crippen LogP contribution is 2.21. The lowest BCUT2D eigenvalue weighted by Crippen LogP contribution is -2.62. The van der Waals surface area contributed by atoms with E-state index < -0.39 is 114 Å². The summed E-state index contributed by atoms with van der Waals surface area (Å²) in [6, 6.07) is -3.56. The predicted octanol–water partition coefficient (Wildman–Crippen LogP) is -1.67. The Balaban J connectivity index is 2.35. The van der Waals surface area contributed by atoms with Gasteiger partial charge in [0.15, 0.2) is 5.96 Å². The molecule has 0 saturated carbocycles. The fourth-order valence-corrected chi connectivity index (χ4v) is 8.14. The van der Waals surface area contributed by atoms with Gasteiger partial charge in [-0.25, -0.2) is 4.39 Å². The molecule has 0 unspecified atom stereocenters. The lowest BCUT2D eigenvalue weighted by Gasteiger charge is -2.31. The minimum absolute atomic E-state index is 0.00152. The summed E-state index contributed by atoms with van der Waals surface area (Å²) in [6.45, 7) is 12.9. The van der Waals surface area contributed by atoms with Crippen LogP contribution < -0.4 is 54.0 Å². The van der Waals surface area contributed by atoms with Crippen molar-refractivity contribution in [3.8, 4) is 0 Å². The molecule has 0 bridgehead atoms. The molecule has 0 aromatic heterocycles. The van der Waals surface area contributed by atoms with Crippen LogP contribution in [0, 0.1) is 17.7 Å². The first-order chi connectivity index (χ1) is 35.3. The van der Waals surface area contributed by atoms with Crippen molar-refractivity contribution in [3.63, 3.8) is 0 Å². The summed E-state index contributed by atoms with van der Waals surface area (Å²) >= 11 is 0. The van der Waals surface area contributed by atoms with Crippen molar-refractivity contribution >= 4 is 65.0 Å². The number of carbonyl (C=O) groups is 10. The minimum atomic E-state index is -1.68. The van der Waals surface area contributed by atoms with E-state index in [4.69, 9.17) is 11.5 Å². The molecule has 420 valence electrons. The van der Waals surface area contributed by atoms with E-state index in [1.807, 2.05) is 0 Å². The number of hydrogen-bond donors (Lipinski definition) is 11. The van der Waals surface area contributed by atoms with Crippen LogP contribution in [0.5, 0.6) is 0 Å². The third kappa shape index (κ3) is 22.2.